The summed E-state index contributed by atoms with van der Waals surface area (Å²) in [5, 5.41) is 5.86. The van der Waals surface area contributed by atoms with Crippen molar-refractivity contribution in [1.82, 2.24) is 5.32 Å². The van der Waals surface area contributed by atoms with E-state index in [2.05, 4.69) is 10.6 Å². The van der Waals surface area contributed by atoms with E-state index >= 15 is 0 Å². The van der Waals surface area contributed by atoms with Crippen molar-refractivity contribution in [2.75, 3.05) is 26.0 Å². The molecule has 0 saturated heterocycles. The van der Waals surface area contributed by atoms with E-state index in [4.69, 9.17) is 4.74 Å². The van der Waals surface area contributed by atoms with Crippen molar-refractivity contribution >= 4 is 11.6 Å². The summed E-state index contributed by atoms with van der Waals surface area (Å²) < 4.78 is 5.25. The van der Waals surface area contributed by atoms with Crippen LogP contribution in [-0.2, 0) is 4.74 Å². The Balaban J connectivity index is 2.70. The second-order valence-electron chi connectivity index (χ2n) is 4.44. The van der Waals surface area contributed by atoms with E-state index in [1.54, 1.807) is 20.2 Å². The van der Waals surface area contributed by atoms with Crippen molar-refractivity contribution < 1.29 is 9.53 Å². The summed E-state index contributed by atoms with van der Waals surface area (Å²) in [6.45, 7) is 4.33. The van der Waals surface area contributed by atoms with Crippen LogP contribution in [-0.4, -0.2) is 32.2 Å². The fraction of sp³-hybridized carbons (Fsp3) is 0.462. The van der Waals surface area contributed by atoms with Gasteiger partial charge in [-0.15, -0.1) is 0 Å². The Hall–Kier alpha value is -1.55. The lowest BCUT2D eigenvalue weighted by atomic mass is 10.1. The highest BCUT2D eigenvalue weighted by atomic mass is 16.5. The minimum Gasteiger partial charge on any atom is -0.387 e. The normalized spacial score (nSPS) is 11.1. The number of carbonyl (C=O) groups is 1. The number of amides is 1. The van der Waals surface area contributed by atoms with E-state index < -0.39 is 0 Å². The molecule has 0 saturated carbocycles. The molecular formula is C13H20N2O2. The lowest BCUT2D eigenvalue weighted by Crippen LogP contribution is -2.39. The van der Waals surface area contributed by atoms with E-state index in [9.17, 15) is 4.79 Å². The van der Waals surface area contributed by atoms with Crippen LogP contribution in [0, 0.1) is 0 Å². The van der Waals surface area contributed by atoms with Gasteiger partial charge in [0.2, 0.25) is 0 Å². The molecule has 0 unspecified atom stereocenters. The molecule has 17 heavy (non-hydrogen) atoms. The van der Waals surface area contributed by atoms with Gasteiger partial charge in [-0.2, -0.15) is 0 Å². The molecule has 0 radical (unpaired) electrons. The summed E-state index contributed by atoms with van der Waals surface area (Å²) in [4.78, 5) is 12.0. The van der Waals surface area contributed by atoms with Gasteiger partial charge >= 0.3 is 0 Å². The zero-order valence-electron chi connectivity index (χ0n) is 10.8. The zero-order valence-corrected chi connectivity index (χ0v) is 10.8. The Morgan fingerprint density at radius 1 is 1.35 bits per heavy atom. The maximum Gasteiger partial charge on any atom is 0.253 e. The first-order chi connectivity index (χ1) is 8.00. The van der Waals surface area contributed by atoms with Gasteiger partial charge in [-0.3, -0.25) is 4.79 Å². The molecule has 94 valence electrons. The summed E-state index contributed by atoms with van der Waals surface area (Å²) in [6.07, 6.45) is 0. The van der Waals surface area contributed by atoms with Crippen LogP contribution in [0.5, 0.6) is 0 Å². The minimum absolute atomic E-state index is 0.0972. The highest BCUT2D eigenvalue weighted by Crippen LogP contribution is 2.14. The predicted octanol–water partition coefficient (Wildman–Crippen LogP) is 1.88. The molecule has 0 aliphatic heterocycles. The van der Waals surface area contributed by atoms with Crippen molar-refractivity contribution in [1.29, 1.82) is 0 Å². The number of anilines is 1. The maximum absolute atomic E-state index is 12.0. The Labute approximate surface area is 102 Å². The first-order valence-corrected chi connectivity index (χ1v) is 5.60. The molecule has 0 aliphatic rings. The monoisotopic (exact) mass is 236 g/mol. The van der Waals surface area contributed by atoms with Crippen LogP contribution in [0.1, 0.15) is 24.2 Å². The van der Waals surface area contributed by atoms with E-state index in [1.807, 2.05) is 32.0 Å². The summed E-state index contributed by atoms with van der Waals surface area (Å²) in [6, 6.07) is 7.40. The summed E-state index contributed by atoms with van der Waals surface area (Å²) in [5.41, 5.74) is 1.10. The smallest absolute Gasteiger partial charge is 0.253 e. The first kappa shape index (κ1) is 13.5. The maximum atomic E-state index is 12.0. The van der Waals surface area contributed by atoms with Crippen molar-refractivity contribution in [3.8, 4) is 0 Å². The number of para-hydroxylation sites is 1. The molecular weight excluding hydrogens is 216 g/mol. The molecule has 4 nitrogen and oxygen atoms in total. The lowest BCUT2D eigenvalue weighted by Gasteiger charge is -2.23. The Morgan fingerprint density at radius 3 is 2.59 bits per heavy atom. The summed E-state index contributed by atoms with van der Waals surface area (Å²) in [5.74, 6) is -0.0972. The van der Waals surface area contributed by atoms with Crippen molar-refractivity contribution in [3.63, 3.8) is 0 Å². The Bertz CT molecular complexity index is 389. The van der Waals surface area contributed by atoms with Gasteiger partial charge in [-0.05, 0) is 26.0 Å². The van der Waals surface area contributed by atoms with Crippen LogP contribution in [0.4, 0.5) is 5.69 Å². The second kappa shape index (κ2) is 5.68. The van der Waals surface area contributed by atoms with Gasteiger partial charge in [0.1, 0.15) is 0 Å². The lowest BCUT2D eigenvalue weighted by molar-refractivity contribution is 0.0229. The molecule has 0 aromatic heterocycles. The van der Waals surface area contributed by atoms with Crippen LogP contribution in [0.25, 0.3) is 0 Å². The number of rotatable bonds is 5. The van der Waals surface area contributed by atoms with E-state index in [0.29, 0.717) is 12.1 Å². The number of carbonyl (C=O) groups excluding carboxylic acids is 1. The fourth-order valence-corrected chi connectivity index (χ4v) is 1.36. The van der Waals surface area contributed by atoms with Gasteiger partial charge in [0.05, 0.1) is 11.2 Å². The molecule has 0 aliphatic carbocycles. The van der Waals surface area contributed by atoms with Gasteiger partial charge < -0.3 is 15.4 Å². The number of hydrogen-bond donors (Lipinski definition) is 2. The van der Waals surface area contributed by atoms with Crippen molar-refractivity contribution in [3.05, 3.63) is 29.8 Å². The second-order valence-corrected chi connectivity index (χ2v) is 4.44. The SMILES string of the molecule is CNc1ccccc1C(=O)NCC(C)(C)OC. The predicted molar refractivity (Wildman–Crippen MR) is 69.4 cm³/mol. The first-order valence-electron chi connectivity index (χ1n) is 5.60. The quantitative estimate of drug-likeness (QED) is 0.820. The molecule has 1 aromatic rings. The summed E-state index contributed by atoms with van der Waals surface area (Å²) >= 11 is 0. The van der Waals surface area contributed by atoms with Gasteiger partial charge in [0, 0.05) is 26.4 Å². The molecule has 1 aromatic carbocycles. The average molecular weight is 236 g/mol. The molecule has 1 amide bonds. The largest absolute Gasteiger partial charge is 0.387 e. The number of hydrogen-bond acceptors (Lipinski definition) is 3. The number of benzene rings is 1. The standard InChI is InChI=1S/C13H20N2O2/c1-13(2,17-4)9-15-12(16)10-7-5-6-8-11(10)14-3/h5-8,14H,9H2,1-4H3,(H,15,16). The van der Waals surface area contributed by atoms with Crippen LogP contribution < -0.4 is 10.6 Å². The Kier molecular flexibility index (Phi) is 4.52. The van der Waals surface area contributed by atoms with Crippen molar-refractivity contribution in [2.45, 2.75) is 19.4 Å². The number of methoxy groups -OCH3 is 1. The van der Waals surface area contributed by atoms with Crippen LogP contribution in [0.3, 0.4) is 0 Å². The molecule has 2 N–H and O–H groups in total. The molecule has 4 heteroatoms. The minimum atomic E-state index is -0.357. The van der Waals surface area contributed by atoms with Crippen molar-refractivity contribution in [2.24, 2.45) is 0 Å². The third-order valence-corrected chi connectivity index (χ3v) is 2.67. The van der Waals surface area contributed by atoms with Gasteiger partial charge in [-0.1, -0.05) is 12.1 Å². The average Bonchev–Trinajstić information content (AvgIpc) is 2.36. The van der Waals surface area contributed by atoms with Crippen LogP contribution >= 0.6 is 0 Å². The molecule has 0 fully saturated rings. The highest BCUT2D eigenvalue weighted by Gasteiger charge is 2.18. The third-order valence-electron chi connectivity index (χ3n) is 2.67. The topological polar surface area (TPSA) is 50.4 Å². The van der Waals surface area contributed by atoms with Gasteiger partial charge in [-0.25, -0.2) is 0 Å². The number of nitrogens with one attached hydrogen (secondary N) is 2. The van der Waals surface area contributed by atoms with E-state index in [1.165, 1.54) is 0 Å². The van der Waals surface area contributed by atoms with E-state index in [0.717, 1.165) is 5.69 Å². The molecule has 0 heterocycles. The number of ether oxygens (including phenoxy) is 1. The Morgan fingerprint density at radius 2 is 2.00 bits per heavy atom. The van der Waals surface area contributed by atoms with Gasteiger partial charge in [0.25, 0.3) is 5.91 Å². The molecule has 0 spiro atoms. The van der Waals surface area contributed by atoms with E-state index in [-0.39, 0.29) is 11.5 Å². The fourth-order valence-electron chi connectivity index (χ4n) is 1.36. The zero-order chi connectivity index (χ0) is 12.9. The summed E-state index contributed by atoms with van der Waals surface area (Å²) in [7, 11) is 3.43. The van der Waals surface area contributed by atoms with Crippen LogP contribution in [0.2, 0.25) is 0 Å². The molecule has 0 atom stereocenters. The molecule has 1 rings (SSSR count). The molecule has 0 bridgehead atoms. The van der Waals surface area contributed by atoms with Crippen LogP contribution in [0.15, 0.2) is 24.3 Å². The van der Waals surface area contributed by atoms with Gasteiger partial charge in [0.15, 0.2) is 0 Å². The third kappa shape index (κ3) is 3.75. The highest BCUT2D eigenvalue weighted by molar-refractivity contribution is 5.99.